The van der Waals surface area contributed by atoms with Crippen molar-refractivity contribution < 1.29 is 4.79 Å². The molecule has 3 heterocycles. The van der Waals surface area contributed by atoms with Gasteiger partial charge in [-0.05, 0) is 60.5 Å². The maximum Gasteiger partial charge on any atom is 0.283 e. The molecular weight excluding hydrogens is 378 g/mol. The minimum atomic E-state index is -0.378. The van der Waals surface area contributed by atoms with Gasteiger partial charge in [-0.2, -0.15) is 10.0 Å². The molecule has 0 aromatic heterocycles. The van der Waals surface area contributed by atoms with E-state index in [9.17, 15) is 4.79 Å². The molecule has 140 valence electrons. The molecule has 0 aliphatic carbocycles. The Morgan fingerprint density at radius 2 is 1.93 bits per heavy atom. The number of amidine groups is 3. The summed E-state index contributed by atoms with van der Waals surface area (Å²) < 4.78 is 0. The largest absolute Gasteiger partial charge is 0.349 e. The van der Waals surface area contributed by atoms with Crippen molar-refractivity contribution in [1.82, 2.24) is 9.91 Å². The maximum atomic E-state index is 12.5. The normalized spacial score (nSPS) is 22.2. The highest BCUT2D eigenvalue weighted by Gasteiger charge is 2.37. The van der Waals surface area contributed by atoms with Gasteiger partial charge in [0.15, 0.2) is 11.0 Å². The van der Waals surface area contributed by atoms with Crippen LogP contribution < -0.4 is 0 Å². The Kier molecular flexibility index (Phi) is 5.10. The van der Waals surface area contributed by atoms with Gasteiger partial charge in [0.1, 0.15) is 0 Å². The highest BCUT2D eigenvalue weighted by atomic mass is 32.2. The molecule has 0 bridgehead atoms. The number of hydrogen-bond donors (Lipinski definition) is 1. The molecule has 1 fully saturated rings. The average Bonchev–Trinajstić information content (AvgIpc) is 3.10. The monoisotopic (exact) mass is 399 g/mol. The summed E-state index contributed by atoms with van der Waals surface area (Å²) in [7, 11) is 0. The number of piperidine rings is 1. The predicted octanol–water partition coefficient (Wildman–Crippen LogP) is 3.72. The lowest BCUT2D eigenvalue weighted by atomic mass is 10.00. The molecule has 8 heteroatoms. The number of aliphatic imine (C=N–C) groups is 1. The number of nitrogens with zero attached hydrogens (tertiary/aromatic N) is 4. The standard InChI is InChI=1S/C19H21N5OS2/c1-12-7-9-23(10-8-12)19-22-24-16(20)15(17(25)21-18(24)27-19)11-13-3-5-14(26-2)6-4-13/h3-6,11-12,20H,7-10H2,1-2H3/b15-11-,20-16?. The summed E-state index contributed by atoms with van der Waals surface area (Å²) in [5, 5.41) is 15.9. The fourth-order valence-corrected chi connectivity index (χ4v) is 4.53. The molecule has 1 N–H and O–H groups in total. The van der Waals surface area contributed by atoms with Gasteiger partial charge >= 0.3 is 0 Å². The van der Waals surface area contributed by atoms with Crippen molar-refractivity contribution in [3.05, 3.63) is 35.4 Å². The Hall–Kier alpha value is -2.06. The van der Waals surface area contributed by atoms with Crippen LogP contribution in [-0.4, -0.2) is 51.3 Å². The predicted molar refractivity (Wildman–Crippen MR) is 113 cm³/mol. The van der Waals surface area contributed by atoms with E-state index < -0.39 is 0 Å². The number of hydrazone groups is 1. The number of carbonyl (C=O) groups excluding carboxylic acids is 1. The van der Waals surface area contributed by atoms with Gasteiger partial charge in [-0.3, -0.25) is 10.2 Å². The molecule has 3 aliphatic heterocycles. The molecular formula is C19H21N5OS2. The van der Waals surface area contributed by atoms with Crippen LogP contribution in [0.5, 0.6) is 0 Å². The summed E-state index contributed by atoms with van der Waals surface area (Å²) >= 11 is 3.05. The van der Waals surface area contributed by atoms with Gasteiger partial charge in [-0.15, -0.1) is 16.9 Å². The molecule has 3 aliphatic rings. The number of nitrogens with one attached hydrogen (secondary N) is 1. The van der Waals surface area contributed by atoms with Crippen LogP contribution in [0.1, 0.15) is 25.3 Å². The Bertz CT molecular complexity index is 867. The number of hydrogen-bond acceptors (Lipinski definition) is 6. The molecule has 4 rings (SSSR count). The molecule has 0 unspecified atom stereocenters. The SMILES string of the molecule is CSc1ccc(/C=C2/C(=N)N3N=C(N4CCC(C)CC4)SC3=NC2=O)cc1. The second kappa shape index (κ2) is 7.52. The molecule has 0 radical (unpaired) electrons. The first-order valence-electron chi connectivity index (χ1n) is 8.94. The van der Waals surface area contributed by atoms with Crippen molar-refractivity contribution in [3.8, 4) is 0 Å². The number of rotatable bonds is 2. The number of carbonyl (C=O) groups is 1. The zero-order valence-corrected chi connectivity index (χ0v) is 16.9. The molecule has 27 heavy (non-hydrogen) atoms. The number of fused-ring (bicyclic) bond motifs is 1. The summed E-state index contributed by atoms with van der Waals surface area (Å²) in [5.74, 6) is 0.448. The lowest BCUT2D eigenvalue weighted by molar-refractivity contribution is -0.114. The van der Waals surface area contributed by atoms with Crippen molar-refractivity contribution in [3.63, 3.8) is 0 Å². The quantitative estimate of drug-likeness (QED) is 0.606. The van der Waals surface area contributed by atoms with Crippen molar-refractivity contribution >= 4 is 51.7 Å². The summed E-state index contributed by atoms with van der Waals surface area (Å²) in [5.41, 5.74) is 1.15. The Morgan fingerprint density at radius 3 is 2.59 bits per heavy atom. The zero-order chi connectivity index (χ0) is 19.0. The van der Waals surface area contributed by atoms with Gasteiger partial charge in [-0.25, -0.2) is 0 Å². The molecule has 1 saturated heterocycles. The van der Waals surface area contributed by atoms with E-state index in [-0.39, 0.29) is 17.3 Å². The topological polar surface area (TPSA) is 72.1 Å². The van der Waals surface area contributed by atoms with Crippen LogP contribution in [0.25, 0.3) is 6.08 Å². The highest BCUT2D eigenvalue weighted by molar-refractivity contribution is 8.26. The molecule has 0 saturated carbocycles. The Labute approximate surface area is 167 Å². The molecule has 1 aromatic carbocycles. The molecule has 0 spiro atoms. The second-order valence-corrected chi connectivity index (χ2v) is 8.66. The maximum absolute atomic E-state index is 12.5. The van der Waals surface area contributed by atoms with Crippen LogP contribution >= 0.6 is 23.5 Å². The molecule has 1 aromatic rings. The van der Waals surface area contributed by atoms with Gasteiger partial charge in [0.05, 0.1) is 5.57 Å². The fourth-order valence-electron chi connectivity index (χ4n) is 3.18. The number of benzene rings is 1. The smallest absolute Gasteiger partial charge is 0.283 e. The first-order chi connectivity index (χ1) is 13.0. The van der Waals surface area contributed by atoms with Crippen molar-refractivity contribution in [2.45, 2.75) is 24.7 Å². The van der Waals surface area contributed by atoms with Crippen LogP contribution in [0, 0.1) is 11.3 Å². The summed E-state index contributed by atoms with van der Waals surface area (Å²) in [6.45, 7) is 4.19. The van der Waals surface area contributed by atoms with Gasteiger partial charge < -0.3 is 4.90 Å². The second-order valence-electron chi connectivity index (χ2n) is 6.85. The third-order valence-corrected chi connectivity index (χ3v) is 6.64. The van der Waals surface area contributed by atoms with Crippen LogP contribution in [0.15, 0.2) is 44.8 Å². The van der Waals surface area contributed by atoms with Gasteiger partial charge in [0.2, 0.25) is 5.17 Å². The van der Waals surface area contributed by atoms with Crippen LogP contribution in [0.3, 0.4) is 0 Å². The van der Waals surface area contributed by atoms with Gasteiger partial charge in [0.25, 0.3) is 5.91 Å². The van der Waals surface area contributed by atoms with Crippen molar-refractivity contribution in [2.75, 3.05) is 19.3 Å². The van der Waals surface area contributed by atoms with Gasteiger partial charge in [-0.1, -0.05) is 19.1 Å². The summed E-state index contributed by atoms with van der Waals surface area (Å²) in [6.07, 6.45) is 6.02. The van der Waals surface area contributed by atoms with E-state index in [0.717, 1.165) is 47.5 Å². The number of amides is 1. The van der Waals surface area contributed by atoms with E-state index in [1.807, 2.05) is 30.5 Å². The third-order valence-electron chi connectivity index (χ3n) is 4.92. The molecule has 6 nitrogen and oxygen atoms in total. The van der Waals surface area contributed by atoms with Gasteiger partial charge in [0, 0.05) is 18.0 Å². The van der Waals surface area contributed by atoms with Crippen LogP contribution in [-0.2, 0) is 4.79 Å². The highest BCUT2D eigenvalue weighted by Crippen LogP contribution is 2.31. The Morgan fingerprint density at radius 1 is 1.22 bits per heavy atom. The number of thioether (sulfide) groups is 2. The molecule has 1 amide bonds. The minimum absolute atomic E-state index is 0.0896. The van der Waals surface area contributed by atoms with E-state index in [2.05, 4.69) is 21.9 Å². The number of likely N-dealkylation sites (tertiary alicyclic amines) is 1. The Balaban J connectivity index is 1.57. The van der Waals surface area contributed by atoms with E-state index >= 15 is 0 Å². The lowest BCUT2D eigenvalue weighted by Gasteiger charge is -2.30. The van der Waals surface area contributed by atoms with E-state index in [4.69, 9.17) is 5.41 Å². The first-order valence-corrected chi connectivity index (χ1v) is 11.0. The molecule has 0 atom stereocenters. The van der Waals surface area contributed by atoms with Crippen LogP contribution in [0.2, 0.25) is 0 Å². The van der Waals surface area contributed by atoms with Crippen molar-refractivity contribution in [1.29, 1.82) is 5.41 Å². The zero-order valence-electron chi connectivity index (χ0n) is 15.3. The lowest BCUT2D eigenvalue weighted by Crippen LogP contribution is -2.36. The third kappa shape index (κ3) is 3.68. The summed E-state index contributed by atoms with van der Waals surface area (Å²) in [4.78, 5) is 20.1. The first kappa shape index (κ1) is 18.3. The summed E-state index contributed by atoms with van der Waals surface area (Å²) in [6, 6.07) is 7.89. The van der Waals surface area contributed by atoms with Crippen LogP contribution in [0.4, 0.5) is 0 Å². The van der Waals surface area contributed by atoms with E-state index in [1.54, 1.807) is 17.8 Å². The average molecular weight is 400 g/mol. The van der Waals surface area contributed by atoms with Crippen molar-refractivity contribution in [2.24, 2.45) is 16.0 Å². The fraction of sp³-hybridized carbons (Fsp3) is 0.368. The van der Waals surface area contributed by atoms with E-state index in [0.29, 0.717) is 5.17 Å². The van der Waals surface area contributed by atoms with E-state index in [1.165, 1.54) is 16.8 Å². The minimum Gasteiger partial charge on any atom is -0.349 e.